The summed E-state index contributed by atoms with van der Waals surface area (Å²) < 4.78 is 11.1. The number of benzene rings is 1. The topological polar surface area (TPSA) is 98.6 Å². The molecule has 1 fully saturated rings. The quantitative estimate of drug-likeness (QED) is 0.416. The molecule has 2 aromatic rings. The third-order valence-electron chi connectivity index (χ3n) is 4.17. The Hall–Kier alpha value is -1.68. The lowest BCUT2D eigenvalue weighted by molar-refractivity contribution is 0.0309. The van der Waals surface area contributed by atoms with Crippen LogP contribution in [0.4, 0.5) is 5.69 Å². The Balaban J connectivity index is 0.00000225. The first-order chi connectivity index (χ1) is 11.5. The van der Waals surface area contributed by atoms with E-state index in [9.17, 15) is 0 Å². The zero-order valence-corrected chi connectivity index (χ0v) is 17.0. The number of nitrogens with zero attached hydrogens (tertiary/aromatic N) is 3. The number of guanidine groups is 1. The summed E-state index contributed by atoms with van der Waals surface area (Å²) >= 11 is 0. The van der Waals surface area contributed by atoms with Crippen molar-refractivity contribution in [1.82, 2.24) is 10.1 Å². The van der Waals surface area contributed by atoms with Gasteiger partial charge in [0.15, 0.2) is 11.8 Å². The van der Waals surface area contributed by atoms with Crippen LogP contribution in [0.25, 0.3) is 0 Å². The Morgan fingerprint density at radius 3 is 2.76 bits per heavy atom. The molecule has 1 aromatic heterocycles. The second-order valence-corrected chi connectivity index (χ2v) is 6.15. The number of hydrogen-bond donors (Lipinski definition) is 2. The van der Waals surface area contributed by atoms with E-state index >= 15 is 0 Å². The maximum absolute atomic E-state index is 5.96. The molecule has 3 N–H and O–H groups in total. The van der Waals surface area contributed by atoms with Gasteiger partial charge in [-0.2, -0.15) is 4.98 Å². The SMILES string of the molecule is Cc1noc([C@@H]2CC[C@H](CN=C(N)Nc3ccc(C)c(C)c3)O2)n1.I. The van der Waals surface area contributed by atoms with Gasteiger partial charge in [0.2, 0.25) is 0 Å². The number of anilines is 1. The Morgan fingerprint density at radius 2 is 2.08 bits per heavy atom. The molecular weight excluding hydrogens is 433 g/mol. The standard InChI is InChI=1S/C17H23N5O2.HI/c1-10-4-5-13(8-11(10)2)21-17(18)19-9-14-6-7-15(23-14)16-20-12(3)22-24-16;/h4-5,8,14-15H,6-7,9H2,1-3H3,(H3,18,19,21);1H/t14-,15+;/m1./s1. The largest absolute Gasteiger partial charge is 0.370 e. The highest BCUT2D eigenvalue weighted by Crippen LogP contribution is 2.31. The highest BCUT2D eigenvalue weighted by Gasteiger charge is 2.30. The van der Waals surface area contributed by atoms with Gasteiger partial charge in [-0.25, -0.2) is 0 Å². The molecule has 136 valence electrons. The van der Waals surface area contributed by atoms with Crippen molar-refractivity contribution < 1.29 is 9.26 Å². The minimum Gasteiger partial charge on any atom is -0.370 e. The molecule has 0 aliphatic carbocycles. The number of aliphatic imine (C=N–C) groups is 1. The lowest BCUT2D eigenvalue weighted by Crippen LogP contribution is -2.24. The summed E-state index contributed by atoms with van der Waals surface area (Å²) in [4.78, 5) is 8.60. The van der Waals surface area contributed by atoms with E-state index in [2.05, 4.69) is 46.4 Å². The average molecular weight is 457 g/mol. The minimum absolute atomic E-state index is 0. The first-order valence-corrected chi connectivity index (χ1v) is 8.11. The predicted octanol–water partition coefficient (Wildman–Crippen LogP) is 3.26. The molecule has 1 saturated heterocycles. The lowest BCUT2D eigenvalue weighted by Gasteiger charge is -2.11. The highest BCUT2D eigenvalue weighted by molar-refractivity contribution is 14.0. The van der Waals surface area contributed by atoms with Crippen LogP contribution >= 0.6 is 24.0 Å². The molecule has 2 heterocycles. The Labute approximate surface area is 164 Å². The van der Waals surface area contributed by atoms with Gasteiger partial charge < -0.3 is 20.3 Å². The molecule has 0 radical (unpaired) electrons. The predicted molar refractivity (Wildman–Crippen MR) is 107 cm³/mol. The van der Waals surface area contributed by atoms with Crippen LogP contribution in [0.1, 0.15) is 41.8 Å². The van der Waals surface area contributed by atoms with E-state index in [0.29, 0.717) is 24.2 Å². The van der Waals surface area contributed by atoms with Crippen molar-refractivity contribution >= 4 is 35.6 Å². The summed E-state index contributed by atoms with van der Waals surface area (Å²) in [5.74, 6) is 1.55. The third kappa shape index (κ3) is 5.15. The van der Waals surface area contributed by atoms with Crippen molar-refractivity contribution in [2.24, 2.45) is 10.7 Å². The number of aryl methyl sites for hydroxylation is 3. The number of hydrogen-bond acceptors (Lipinski definition) is 5. The van der Waals surface area contributed by atoms with E-state index in [1.54, 1.807) is 6.92 Å². The van der Waals surface area contributed by atoms with Crippen molar-refractivity contribution in [2.45, 2.75) is 45.8 Å². The van der Waals surface area contributed by atoms with Gasteiger partial charge in [0.25, 0.3) is 5.89 Å². The highest BCUT2D eigenvalue weighted by atomic mass is 127. The molecule has 25 heavy (non-hydrogen) atoms. The number of rotatable bonds is 4. The van der Waals surface area contributed by atoms with E-state index in [1.807, 2.05) is 6.07 Å². The molecule has 7 nitrogen and oxygen atoms in total. The van der Waals surface area contributed by atoms with Crippen LogP contribution in [0.3, 0.4) is 0 Å². The van der Waals surface area contributed by atoms with Crippen LogP contribution < -0.4 is 11.1 Å². The van der Waals surface area contributed by atoms with Crippen molar-refractivity contribution in [3.05, 3.63) is 41.0 Å². The van der Waals surface area contributed by atoms with E-state index in [1.165, 1.54) is 11.1 Å². The number of nitrogens with two attached hydrogens (primary N) is 1. The molecule has 3 rings (SSSR count). The molecule has 0 amide bonds. The van der Waals surface area contributed by atoms with Crippen molar-refractivity contribution in [2.75, 3.05) is 11.9 Å². The summed E-state index contributed by atoms with van der Waals surface area (Å²) in [6.07, 6.45) is 1.63. The lowest BCUT2D eigenvalue weighted by atomic mass is 10.1. The fraction of sp³-hybridized carbons (Fsp3) is 0.471. The fourth-order valence-electron chi connectivity index (χ4n) is 2.67. The molecule has 0 saturated carbocycles. The van der Waals surface area contributed by atoms with E-state index in [-0.39, 0.29) is 36.2 Å². The minimum atomic E-state index is -0.139. The van der Waals surface area contributed by atoms with Crippen LogP contribution in [-0.4, -0.2) is 28.7 Å². The van der Waals surface area contributed by atoms with E-state index in [0.717, 1.165) is 18.5 Å². The smallest absolute Gasteiger partial charge is 0.255 e. The molecule has 0 unspecified atom stereocenters. The summed E-state index contributed by atoms with van der Waals surface area (Å²) in [6.45, 7) is 6.45. The van der Waals surface area contributed by atoms with Crippen LogP contribution in [0.2, 0.25) is 0 Å². The summed E-state index contributed by atoms with van der Waals surface area (Å²) in [6, 6.07) is 6.10. The molecule has 1 aliphatic heterocycles. The van der Waals surface area contributed by atoms with Gasteiger partial charge in [-0.15, -0.1) is 24.0 Å². The summed E-state index contributed by atoms with van der Waals surface area (Å²) in [5, 5.41) is 6.91. The zero-order chi connectivity index (χ0) is 17.1. The van der Waals surface area contributed by atoms with Gasteiger partial charge in [-0.1, -0.05) is 11.2 Å². The van der Waals surface area contributed by atoms with Crippen LogP contribution in [0, 0.1) is 20.8 Å². The third-order valence-corrected chi connectivity index (χ3v) is 4.17. The number of aromatic nitrogens is 2. The second-order valence-electron chi connectivity index (χ2n) is 6.15. The molecule has 1 aliphatic rings. The zero-order valence-electron chi connectivity index (χ0n) is 14.7. The Kier molecular flexibility index (Phi) is 6.77. The fourth-order valence-corrected chi connectivity index (χ4v) is 2.67. The van der Waals surface area contributed by atoms with Crippen molar-refractivity contribution in [3.8, 4) is 0 Å². The van der Waals surface area contributed by atoms with Gasteiger partial charge in [0.05, 0.1) is 12.6 Å². The maximum Gasteiger partial charge on any atom is 0.255 e. The molecule has 8 heteroatoms. The van der Waals surface area contributed by atoms with Gasteiger partial charge in [0, 0.05) is 5.69 Å². The van der Waals surface area contributed by atoms with E-state index in [4.69, 9.17) is 15.0 Å². The van der Waals surface area contributed by atoms with Crippen molar-refractivity contribution in [1.29, 1.82) is 0 Å². The average Bonchev–Trinajstić information content (AvgIpc) is 3.18. The number of nitrogens with one attached hydrogen (secondary N) is 1. The number of halogens is 1. The first kappa shape index (κ1) is 19.6. The summed E-state index contributed by atoms with van der Waals surface area (Å²) in [5.41, 5.74) is 9.36. The maximum atomic E-state index is 5.96. The molecule has 0 spiro atoms. The van der Waals surface area contributed by atoms with Crippen LogP contribution in [0.15, 0.2) is 27.7 Å². The van der Waals surface area contributed by atoms with Gasteiger partial charge in [-0.05, 0) is 56.9 Å². The summed E-state index contributed by atoms with van der Waals surface area (Å²) in [7, 11) is 0. The molecule has 2 atom stereocenters. The van der Waals surface area contributed by atoms with Gasteiger partial charge in [-0.3, -0.25) is 4.99 Å². The van der Waals surface area contributed by atoms with Gasteiger partial charge in [0.1, 0.15) is 6.10 Å². The molecular formula is C17H24IN5O2. The molecule has 0 bridgehead atoms. The van der Waals surface area contributed by atoms with Gasteiger partial charge >= 0.3 is 0 Å². The van der Waals surface area contributed by atoms with Crippen LogP contribution in [-0.2, 0) is 4.74 Å². The van der Waals surface area contributed by atoms with Crippen LogP contribution in [0.5, 0.6) is 0 Å². The normalized spacial score (nSPS) is 20.4. The second kappa shape index (κ2) is 8.61. The Bertz CT molecular complexity index is 746. The monoisotopic (exact) mass is 457 g/mol. The Morgan fingerprint density at radius 1 is 1.28 bits per heavy atom. The number of ether oxygens (including phenoxy) is 1. The van der Waals surface area contributed by atoms with Crippen molar-refractivity contribution in [3.63, 3.8) is 0 Å². The van der Waals surface area contributed by atoms with E-state index < -0.39 is 0 Å². The molecule has 1 aromatic carbocycles. The first-order valence-electron chi connectivity index (χ1n) is 8.11.